The van der Waals surface area contributed by atoms with Gasteiger partial charge < -0.3 is 5.11 Å². The first kappa shape index (κ1) is 15.5. The predicted octanol–water partition coefficient (Wildman–Crippen LogP) is 3.07. The molecule has 2 aromatic carbocycles. The fraction of sp³-hybridized carbons (Fsp3) is 0.211. The summed E-state index contributed by atoms with van der Waals surface area (Å²) in [4.78, 5) is 40.9. The van der Waals surface area contributed by atoms with Crippen LogP contribution in [0.4, 0.5) is 4.79 Å². The van der Waals surface area contributed by atoms with Crippen molar-refractivity contribution in [1.29, 1.82) is 0 Å². The Morgan fingerprint density at radius 3 is 1.92 bits per heavy atom. The number of carboxylic acid groups (broad SMARTS) is 1. The number of carbonyl (C=O) groups excluding carboxylic acids is 2. The molecule has 1 heterocycles. The Morgan fingerprint density at radius 2 is 1.44 bits per heavy atom. The number of imide groups is 1. The van der Waals surface area contributed by atoms with Crippen LogP contribution in [0.1, 0.15) is 29.9 Å². The summed E-state index contributed by atoms with van der Waals surface area (Å²) in [7, 11) is 0. The number of amides is 2. The fourth-order valence-corrected chi connectivity index (χ4v) is 3.90. The SMILES string of the molecule is O=C(O)O[N+]1(CC2c3ccccc3-c3ccccc32)C(=O)CCC1=O. The number of rotatable bonds is 3. The molecule has 0 radical (unpaired) electrons. The van der Waals surface area contributed by atoms with E-state index in [0.717, 1.165) is 22.3 Å². The summed E-state index contributed by atoms with van der Waals surface area (Å²) in [5, 5.41) is 9.10. The van der Waals surface area contributed by atoms with Crippen LogP contribution in [-0.2, 0) is 14.4 Å². The smallest absolute Gasteiger partial charge is 0.446 e. The highest BCUT2D eigenvalue weighted by molar-refractivity contribution is 5.92. The molecule has 0 aromatic heterocycles. The van der Waals surface area contributed by atoms with Crippen LogP contribution < -0.4 is 0 Å². The molecule has 2 aliphatic rings. The van der Waals surface area contributed by atoms with E-state index in [1.165, 1.54) is 0 Å². The third-order valence-corrected chi connectivity index (χ3v) is 4.99. The van der Waals surface area contributed by atoms with Crippen molar-refractivity contribution in [3.63, 3.8) is 0 Å². The van der Waals surface area contributed by atoms with Crippen LogP contribution in [-0.4, -0.2) is 34.3 Å². The number of likely N-dealkylation sites (tertiary alicyclic amines) is 1. The van der Waals surface area contributed by atoms with E-state index in [2.05, 4.69) is 0 Å². The molecule has 0 bridgehead atoms. The van der Waals surface area contributed by atoms with Gasteiger partial charge in [0.2, 0.25) is 0 Å². The number of fused-ring (bicyclic) bond motifs is 3. The maximum atomic E-state index is 12.4. The number of quaternary nitrogens is 1. The van der Waals surface area contributed by atoms with Gasteiger partial charge in [-0.2, -0.15) is 4.79 Å². The van der Waals surface area contributed by atoms with E-state index in [1.54, 1.807) is 0 Å². The number of nitrogens with zero attached hydrogens (tertiary/aromatic N) is 1. The zero-order chi connectivity index (χ0) is 17.6. The Kier molecular flexibility index (Phi) is 3.43. The number of hydroxylamine groups is 3. The van der Waals surface area contributed by atoms with Gasteiger partial charge >= 0.3 is 18.0 Å². The minimum Gasteiger partial charge on any atom is -0.446 e. The molecule has 4 rings (SSSR count). The van der Waals surface area contributed by atoms with Crippen LogP contribution in [0.5, 0.6) is 0 Å². The van der Waals surface area contributed by atoms with E-state index in [0.29, 0.717) is 0 Å². The molecule has 0 spiro atoms. The van der Waals surface area contributed by atoms with Gasteiger partial charge in [-0.25, -0.2) is 14.4 Å². The van der Waals surface area contributed by atoms with Gasteiger partial charge in [-0.1, -0.05) is 48.5 Å². The highest BCUT2D eigenvalue weighted by Gasteiger charge is 2.57. The van der Waals surface area contributed by atoms with Crippen molar-refractivity contribution in [1.82, 2.24) is 0 Å². The second-order valence-corrected chi connectivity index (χ2v) is 6.29. The molecule has 2 amide bonds. The third-order valence-electron chi connectivity index (χ3n) is 4.99. The summed E-state index contributed by atoms with van der Waals surface area (Å²) in [6, 6.07) is 15.5. The summed E-state index contributed by atoms with van der Waals surface area (Å²) < 4.78 is -1.08. The number of carbonyl (C=O) groups is 3. The van der Waals surface area contributed by atoms with Crippen molar-refractivity contribution in [3.8, 4) is 11.1 Å². The van der Waals surface area contributed by atoms with Gasteiger partial charge in [-0.05, 0) is 26.9 Å². The topological polar surface area (TPSA) is 80.7 Å². The maximum Gasteiger partial charge on any atom is 0.558 e. The fourth-order valence-electron chi connectivity index (χ4n) is 3.90. The maximum absolute atomic E-state index is 12.4. The zero-order valence-electron chi connectivity index (χ0n) is 13.3. The van der Waals surface area contributed by atoms with Gasteiger partial charge in [-0.3, -0.25) is 0 Å². The van der Waals surface area contributed by atoms with Crippen molar-refractivity contribution in [3.05, 3.63) is 59.7 Å². The van der Waals surface area contributed by atoms with Crippen molar-refractivity contribution in [2.45, 2.75) is 18.8 Å². The van der Waals surface area contributed by atoms with Gasteiger partial charge in [0.15, 0.2) is 0 Å². The average Bonchev–Trinajstić information content (AvgIpc) is 3.06. The van der Waals surface area contributed by atoms with Crippen molar-refractivity contribution in [2.75, 3.05) is 6.54 Å². The molecule has 1 aliphatic heterocycles. The first-order chi connectivity index (χ1) is 12.0. The largest absolute Gasteiger partial charge is 0.558 e. The van der Waals surface area contributed by atoms with Crippen LogP contribution in [0.2, 0.25) is 0 Å². The molecule has 0 unspecified atom stereocenters. The standard InChI is InChI=1S/C19H15NO5/c21-17-9-10-18(22)20(17,25-19(23)24)11-16-14-7-3-1-5-12(14)13-6-2-4-8-15(13)16/h1-8,16H,9-11H2/p+1. The van der Waals surface area contributed by atoms with Crippen molar-refractivity contribution in [2.24, 2.45) is 0 Å². The van der Waals surface area contributed by atoms with Gasteiger partial charge in [0.1, 0.15) is 6.54 Å². The molecule has 6 heteroatoms. The Bertz CT molecular complexity index is 843. The second kappa shape index (κ2) is 5.53. The highest BCUT2D eigenvalue weighted by atomic mass is 16.8. The third kappa shape index (κ3) is 2.26. The van der Waals surface area contributed by atoms with Crippen LogP contribution in [0, 0.1) is 0 Å². The highest BCUT2D eigenvalue weighted by Crippen LogP contribution is 2.46. The molecule has 6 nitrogen and oxygen atoms in total. The van der Waals surface area contributed by atoms with E-state index >= 15 is 0 Å². The predicted molar refractivity (Wildman–Crippen MR) is 87.2 cm³/mol. The second-order valence-electron chi connectivity index (χ2n) is 6.29. The minimum absolute atomic E-state index is 0.00211. The number of hydrogen-bond donors (Lipinski definition) is 1. The number of hydrogen-bond acceptors (Lipinski definition) is 4. The summed E-state index contributed by atoms with van der Waals surface area (Å²) in [6.07, 6.45) is -1.62. The van der Waals surface area contributed by atoms with Crippen molar-refractivity contribution < 1.29 is 29.0 Å². The Labute approximate surface area is 143 Å². The van der Waals surface area contributed by atoms with Gasteiger partial charge in [0.05, 0.1) is 18.8 Å². The lowest BCUT2D eigenvalue weighted by Crippen LogP contribution is -2.55. The molecule has 1 aliphatic carbocycles. The summed E-state index contributed by atoms with van der Waals surface area (Å²) in [5.74, 6) is -1.29. The zero-order valence-corrected chi connectivity index (χ0v) is 13.3. The normalized spacial score (nSPS) is 18.1. The molecule has 1 fully saturated rings. The van der Waals surface area contributed by atoms with E-state index in [4.69, 9.17) is 9.94 Å². The average molecular weight is 338 g/mol. The van der Waals surface area contributed by atoms with Crippen LogP contribution in [0.15, 0.2) is 48.5 Å². The van der Waals surface area contributed by atoms with Gasteiger partial charge in [0.25, 0.3) is 0 Å². The Morgan fingerprint density at radius 1 is 0.960 bits per heavy atom. The van der Waals surface area contributed by atoms with Crippen LogP contribution in [0.25, 0.3) is 11.1 Å². The summed E-state index contributed by atoms with van der Waals surface area (Å²) in [6.45, 7) is -0.0437. The van der Waals surface area contributed by atoms with E-state index < -0.39 is 22.6 Å². The lowest BCUT2D eigenvalue weighted by molar-refractivity contribution is -0.959. The first-order valence-corrected chi connectivity index (χ1v) is 8.08. The van der Waals surface area contributed by atoms with Crippen molar-refractivity contribution >= 4 is 18.0 Å². The first-order valence-electron chi connectivity index (χ1n) is 8.08. The Hall–Kier alpha value is -2.99. The lowest BCUT2D eigenvalue weighted by atomic mass is 9.96. The van der Waals surface area contributed by atoms with E-state index in [9.17, 15) is 14.4 Å². The molecular formula is C19H16NO5+. The Balaban J connectivity index is 1.83. The lowest BCUT2D eigenvalue weighted by Gasteiger charge is -2.27. The van der Waals surface area contributed by atoms with Gasteiger partial charge in [0, 0.05) is 0 Å². The number of benzene rings is 2. The van der Waals surface area contributed by atoms with E-state index in [1.807, 2.05) is 48.5 Å². The minimum atomic E-state index is -1.62. The summed E-state index contributed by atoms with van der Waals surface area (Å²) >= 11 is 0. The molecule has 25 heavy (non-hydrogen) atoms. The molecule has 1 saturated heterocycles. The molecular weight excluding hydrogens is 322 g/mol. The quantitative estimate of drug-likeness (QED) is 0.687. The summed E-state index contributed by atoms with van der Waals surface area (Å²) in [5.41, 5.74) is 4.02. The van der Waals surface area contributed by atoms with Crippen LogP contribution >= 0.6 is 0 Å². The molecule has 1 N–H and O–H groups in total. The molecule has 0 saturated carbocycles. The molecule has 0 atom stereocenters. The molecule has 126 valence electrons. The van der Waals surface area contributed by atoms with Crippen LogP contribution in [0.3, 0.4) is 0 Å². The molecule has 2 aromatic rings. The monoisotopic (exact) mass is 338 g/mol. The van der Waals surface area contributed by atoms with Gasteiger partial charge in [-0.15, -0.1) is 0 Å². The van der Waals surface area contributed by atoms with E-state index in [-0.39, 0.29) is 25.3 Å².